The molecule has 0 saturated carbocycles. The molecule has 3 heterocycles. The van der Waals surface area contributed by atoms with Crippen LogP contribution >= 0.6 is 0 Å². The Labute approximate surface area is 121 Å². The molecule has 110 valence electrons. The lowest BCUT2D eigenvalue weighted by molar-refractivity contribution is -0.138. The molecular formula is C14H16N4O3. The predicted molar refractivity (Wildman–Crippen MR) is 73.9 cm³/mol. The van der Waals surface area contributed by atoms with Crippen LogP contribution in [0, 0.1) is 5.92 Å². The molecule has 0 aliphatic carbocycles. The SMILES string of the molecule is O=C(O)CC1CCCN(C(=O)c2cnn3ccncc23)C1. The number of hydrogen-bond acceptors (Lipinski definition) is 4. The number of aliphatic carboxylic acids is 1. The van der Waals surface area contributed by atoms with Crippen LogP contribution in [-0.2, 0) is 4.79 Å². The van der Waals surface area contributed by atoms with Gasteiger partial charge in [0.15, 0.2) is 0 Å². The van der Waals surface area contributed by atoms with Gasteiger partial charge in [-0.1, -0.05) is 0 Å². The maximum Gasteiger partial charge on any atom is 0.303 e. The third-order valence-electron chi connectivity index (χ3n) is 3.82. The van der Waals surface area contributed by atoms with Crippen LogP contribution in [0.5, 0.6) is 0 Å². The Morgan fingerprint density at radius 1 is 1.38 bits per heavy atom. The second-order valence-electron chi connectivity index (χ2n) is 5.32. The minimum atomic E-state index is -0.811. The molecule has 1 N–H and O–H groups in total. The lowest BCUT2D eigenvalue weighted by Gasteiger charge is -2.31. The fourth-order valence-electron chi connectivity index (χ4n) is 2.83. The molecule has 3 rings (SSSR count). The van der Waals surface area contributed by atoms with Gasteiger partial charge in [0.25, 0.3) is 5.91 Å². The number of piperidine rings is 1. The Kier molecular flexibility index (Phi) is 3.55. The van der Waals surface area contributed by atoms with Gasteiger partial charge >= 0.3 is 5.97 Å². The number of hydrogen-bond donors (Lipinski definition) is 1. The smallest absolute Gasteiger partial charge is 0.303 e. The Bertz CT molecular complexity index is 682. The minimum Gasteiger partial charge on any atom is -0.481 e. The summed E-state index contributed by atoms with van der Waals surface area (Å²) in [5.41, 5.74) is 1.18. The first kappa shape index (κ1) is 13.5. The van der Waals surface area contributed by atoms with Crippen LogP contribution in [0.15, 0.2) is 24.8 Å². The van der Waals surface area contributed by atoms with Crippen molar-refractivity contribution < 1.29 is 14.7 Å². The molecule has 21 heavy (non-hydrogen) atoms. The summed E-state index contributed by atoms with van der Waals surface area (Å²) >= 11 is 0. The van der Waals surface area contributed by atoms with Gasteiger partial charge in [0, 0.05) is 31.9 Å². The van der Waals surface area contributed by atoms with Gasteiger partial charge < -0.3 is 10.0 Å². The maximum atomic E-state index is 12.6. The summed E-state index contributed by atoms with van der Waals surface area (Å²) in [6, 6.07) is 0. The van der Waals surface area contributed by atoms with Crippen LogP contribution in [0.2, 0.25) is 0 Å². The number of rotatable bonds is 3. The summed E-state index contributed by atoms with van der Waals surface area (Å²) in [6.07, 6.45) is 8.25. The largest absolute Gasteiger partial charge is 0.481 e. The Hall–Kier alpha value is -2.44. The van der Waals surface area contributed by atoms with E-state index in [9.17, 15) is 9.59 Å². The number of carbonyl (C=O) groups is 2. The molecule has 7 heteroatoms. The van der Waals surface area contributed by atoms with Crippen molar-refractivity contribution in [2.24, 2.45) is 5.92 Å². The molecule has 7 nitrogen and oxygen atoms in total. The molecular weight excluding hydrogens is 272 g/mol. The van der Waals surface area contributed by atoms with Gasteiger partial charge in [0.05, 0.1) is 23.5 Å². The van der Waals surface area contributed by atoms with E-state index < -0.39 is 5.97 Å². The summed E-state index contributed by atoms with van der Waals surface area (Å²) < 4.78 is 1.61. The number of likely N-dealkylation sites (tertiary alicyclic amines) is 1. The van der Waals surface area contributed by atoms with Gasteiger partial charge in [-0.3, -0.25) is 14.6 Å². The van der Waals surface area contributed by atoms with Gasteiger partial charge in [-0.25, -0.2) is 4.52 Å². The topological polar surface area (TPSA) is 87.8 Å². The van der Waals surface area contributed by atoms with Crippen LogP contribution in [0.4, 0.5) is 0 Å². The van der Waals surface area contributed by atoms with E-state index in [2.05, 4.69) is 10.1 Å². The number of carboxylic acid groups (broad SMARTS) is 1. The van der Waals surface area contributed by atoms with E-state index in [4.69, 9.17) is 5.11 Å². The van der Waals surface area contributed by atoms with Gasteiger partial charge in [0.1, 0.15) is 0 Å². The lowest BCUT2D eigenvalue weighted by Crippen LogP contribution is -2.40. The molecule has 1 amide bonds. The van der Waals surface area contributed by atoms with E-state index in [1.165, 1.54) is 0 Å². The summed E-state index contributed by atoms with van der Waals surface area (Å²) in [7, 11) is 0. The highest BCUT2D eigenvalue weighted by atomic mass is 16.4. The van der Waals surface area contributed by atoms with Crippen LogP contribution in [0.1, 0.15) is 29.6 Å². The Morgan fingerprint density at radius 2 is 2.24 bits per heavy atom. The first-order valence-electron chi connectivity index (χ1n) is 6.93. The van der Waals surface area contributed by atoms with E-state index in [0.717, 1.165) is 12.8 Å². The van der Waals surface area contributed by atoms with Crippen LogP contribution in [-0.4, -0.2) is 49.6 Å². The number of fused-ring (bicyclic) bond motifs is 1. The second kappa shape index (κ2) is 5.51. The van der Waals surface area contributed by atoms with Crippen LogP contribution < -0.4 is 0 Å². The molecule has 0 spiro atoms. The van der Waals surface area contributed by atoms with E-state index in [-0.39, 0.29) is 18.2 Å². The molecule has 2 aromatic rings. The van der Waals surface area contributed by atoms with E-state index in [1.807, 2.05) is 0 Å². The van der Waals surface area contributed by atoms with Crippen molar-refractivity contribution in [1.82, 2.24) is 19.5 Å². The summed E-state index contributed by atoms with van der Waals surface area (Å²) in [4.78, 5) is 29.2. The quantitative estimate of drug-likeness (QED) is 0.912. The summed E-state index contributed by atoms with van der Waals surface area (Å²) in [5.74, 6) is -0.886. The van der Waals surface area contributed by atoms with E-state index >= 15 is 0 Å². The lowest BCUT2D eigenvalue weighted by atomic mass is 9.94. The van der Waals surface area contributed by atoms with Crippen LogP contribution in [0.25, 0.3) is 5.52 Å². The second-order valence-corrected chi connectivity index (χ2v) is 5.32. The molecule has 0 radical (unpaired) electrons. The van der Waals surface area contributed by atoms with Crippen molar-refractivity contribution in [2.75, 3.05) is 13.1 Å². The molecule has 2 aromatic heterocycles. The maximum absolute atomic E-state index is 12.6. The highest BCUT2D eigenvalue weighted by molar-refractivity contribution is 6.00. The zero-order valence-corrected chi connectivity index (χ0v) is 11.5. The van der Waals surface area contributed by atoms with E-state index in [0.29, 0.717) is 24.2 Å². The first-order chi connectivity index (χ1) is 10.1. The fraction of sp³-hybridized carbons (Fsp3) is 0.429. The molecule has 1 aliphatic rings. The van der Waals surface area contributed by atoms with Crippen molar-refractivity contribution in [1.29, 1.82) is 0 Å². The molecule has 1 aliphatic heterocycles. The van der Waals surface area contributed by atoms with Gasteiger partial charge in [-0.2, -0.15) is 5.10 Å². The number of carbonyl (C=O) groups excluding carboxylic acids is 1. The molecule has 1 atom stereocenters. The third-order valence-corrected chi connectivity index (χ3v) is 3.82. The summed E-state index contributed by atoms with van der Waals surface area (Å²) in [5, 5.41) is 13.0. The molecule has 0 aromatic carbocycles. The van der Waals surface area contributed by atoms with Crippen molar-refractivity contribution >= 4 is 17.4 Å². The minimum absolute atomic E-state index is 0.0279. The highest BCUT2D eigenvalue weighted by Crippen LogP contribution is 2.22. The van der Waals surface area contributed by atoms with Gasteiger partial charge in [-0.15, -0.1) is 0 Å². The van der Waals surface area contributed by atoms with Crippen molar-refractivity contribution in [2.45, 2.75) is 19.3 Å². The number of carboxylic acids is 1. The standard InChI is InChI=1S/C14H16N4O3/c19-13(20)6-10-2-1-4-17(9-10)14(21)11-7-16-18-5-3-15-8-12(11)18/h3,5,7-8,10H,1-2,4,6,9H2,(H,19,20). The molecule has 0 bridgehead atoms. The molecule has 1 saturated heterocycles. The van der Waals surface area contributed by atoms with Crippen LogP contribution in [0.3, 0.4) is 0 Å². The average Bonchev–Trinajstić information content (AvgIpc) is 2.90. The predicted octanol–water partition coefficient (Wildman–Crippen LogP) is 1.06. The molecule has 1 unspecified atom stereocenters. The number of aromatic nitrogens is 3. The Balaban J connectivity index is 1.80. The number of amides is 1. The third kappa shape index (κ3) is 2.72. The van der Waals surface area contributed by atoms with Crippen molar-refractivity contribution in [3.8, 4) is 0 Å². The van der Waals surface area contributed by atoms with Crippen molar-refractivity contribution in [3.05, 3.63) is 30.4 Å². The first-order valence-corrected chi connectivity index (χ1v) is 6.93. The van der Waals surface area contributed by atoms with E-state index in [1.54, 1.807) is 34.2 Å². The van der Waals surface area contributed by atoms with Gasteiger partial charge in [0.2, 0.25) is 0 Å². The average molecular weight is 288 g/mol. The summed E-state index contributed by atoms with van der Waals surface area (Å²) in [6.45, 7) is 1.15. The van der Waals surface area contributed by atoms with Crippen molar-refractivity contribution in [3.63, 3.8) is 0 Å². The molecule has 1 fully saturated rings. The van der Waals surface area contributed by atoms with Gasteiger partial charge in [-0.05, 0) is 18.8 Å². The zero-order valence-electron chi connectivity index (χ0n) is 11.5. The highest BCUT2D eigenvalue weighted by Gasteiger charge is 2.27. The normalized spacial score (nSPS) is 18.9. The fourth-order valence-corrected chi connectivity index (χ4v) is 2.83. The zero-order chi connectivity index (χ0) is 14.8. The number of nitrogens with zero attached hydrogens (tertiary/aromatic N) is 4. The Morgan fingerprint density at radius 3 is 3.05 bits per heavy atom. The monoisotopic (exact) mass is 288 g/mol.